The molecule has 12 heteroatoms. The zero-order valence-electron chi connectivity index (χ0n) is 16.9. The molecule has 0 amide bonds. The van der Waals surface area contributed by atoms with Crippen LogP contribution >= 0.6 is 0 Å². The molecule has 0 fully saturated rings. The number of aliphatic hydroxyl groups is 8. The van der Waals surface area contributed by atoms with Crippen molar-refractivity contribution in [1.29, 1.82) is 0 Å². The molecule has 0 saturated heterocycles. The fourth-order valence-electron chi connectivity index (χ4n) is 3.16. The summed E-state index contributed by atoms with van der Waals surface area (Å²) in [6.07, 6.45) is 2.92. The lowest BCUT2D eigenvalue weighted by atomic mass is 10.1. The van der Waals surface area contributed by atoms with Crippen molar-refractivity contribution < 1.29 is 40.9 Å². The maximum absolute atomic E-state index is 9.52. The van der Waals surface area contributed by atoms with Crippen molar-refractivity contribution in [2.45, 2.75) is 37.3 Å². The van der Waals surface area contributed by atoms with Gasteiger partial charge in [0.2, 0.25) is 0 Å². The fourth-order valence-corrected chi connectivity index (χ4v) is 3.16. The standard InChI is InChI=1S/C18H34N4O8/c23-5-15(6-24)21(16(7-25)8-26)3-13-1-19-2-14(20-13)4-22(17(9-27)10-28)18(11-29)12-30/h1-2,15-18,23-30H,3-12H2. The van der Waals surface area contributed by atoms with Gasteiger partial charge in [0, 0.05) is 25.5 Å². The lowest BCUT2D eigenvalue weighted by Crippen LogP contribution is -2.50. The molecule has 0 aliphatic carbocycles. The smallest absolute Gasteiger partial charge is 0.0731 e. The van der Waals surface area contributed by atoms with E-state index < -0.39 is 77.0 Å². The molecule has 174 valence electrons. The highest BCUT2D eigenvalue weighted by Crippen LogP contribution is 2.14. The fraction of sp³-hybridized carbons (Fsp3) is 0.778. The molecule has 0 aliphatic rings. The van der Waals surface area contributed by atoms with E-state index in [1.54, 1.807) is 0 Å². The van der Waals surface area contributed by atoms with Gasteiger partial charge in [-0.25, -0.2) is 0 Å². The highest BCUT2D eigenvalue weighted by Gasteiger charge is 2.27. The van der Waals surface area contributed by atoms with Crippen LogP contribution in [0.5, 0.6) is 0 Å². The van der Waals surface area contributed by atoms with E-state index in [0.717, 1.165) is 0 Å². The number of nitrogens with zero attached hydrogens (tertiary/aromatic N) is 4. The zero-order valence-corrected chi connectivity index (χ0v) is 16.9. The summed E-state index contributed by atoms with van der Waals surface area (Å²) in [6, 6.07) is -2.90. The predicted octanol–water partition coefficient (Wildman–Crippen LogP) is -4.51. The Hall–Kier alpha value is -1.32. The van der Waals surface area contributed by atoms with Crippen LogP contribution in [-0.4, -0.2) is 138 Å². The molecule has 0 bridgehead atoms. The molecule has 0 unspecified atom stereocenters. The van der Waals surface area contributed by atoms with E-state index in [1.807, 2.05) is 0 Å². The Morgan fingerprint density at radius 3 is 1.03 bits per heavy atom. The second-order valence-corrected chi connectivity index (χ2v) is 6.92. The van der Waals surface area contributed by atoms with E-state index in [2.05, 4.69) is 9.97 Å². The van der Waals surface area contributed by atoms with Gasteiger partial charge in [-0.3, -0.25) is 19.8 Å². The van der Waals surface area contributed by atoms with Crippen molar-refractivity contribution in [1.82, 2.24) is 19.8 Å². The minimum Gasteiger partial charge on any atom is -0.395 e. The van der Waals surface area contributed by atoms with Crippen molar-refractivity contribution in [3.05, 3.63) is 23.8 Å². The molecule has 8 N–H and O–H groups in total. The molecule has 12 nitrogen and oxygen atoms in total. The minimum absolute atomic E-state index is 0.0747. The average Bonchev–Trinajstić information content (AvgIpc) is 2.77. The first kappa shape index (κ1) is 26.7. The number of hydrogen-bond acceptors (Lipinski definition) is 12. The van der Waals surface area contributed by atoms with Gasteiger partial charge in [0.15, 0.2) is 0 Å². The lowest BCUT2D eigenvalue weighted by Gasteiger charge is -2.35. The van der Waals surface area contributed by atoms with E-state index in [-0.39, 0.29) is 13.1 Å². The van der Waals surface area contributed by atoms with Gasteiger partial charge in [-0.05, 0) is 0 Å². The molecule has 0 aromatic carbocycles. The van der Waals surface area contributed by atoms with Gasteiger partial charge in [0.1, 0.15) is 0 Å². The van der Waals surface area contributed by atoms with Gasteiger partial charge < -0.3 is 40.9 Å². The van der Waals surface area contributed by atoms with E-state index in [0.29, 0.717) is 11.4 Å². The second-order valence-electron chi connectivity index (χ2n) is 6.92. The monoisotopic (exact) mass is 434 g/mol. The molecular weight excluding hydrogens is 400 g/mol. The number of rotatable bonds is 16. The third-order valence-electron chi connectivity index (χ3n) is 4.99. The first-order valence-electron chi connectivity index (χ1n) is 9.71. The Labute approximate surface area is 175 Å². The summed E-state index contributed by atoms with van der Waals surface area (Å²) < 4.78 is 0. The summed E-state index contributed by atoms with van der Waals surface area (Å²) in [5, 5.41) is 76.1. The molecule has 30 heavy (non-hydrogen) atoms. The first-order valence-corrected chi connectivity index (χ1v) is 9.71. The van der Waals surface area contributed by atoms with Crippen LogP contribution in [0.15, 0.2) is 12.4 Å². The summed E-state index contributed by atoms with van der Waals surface area (Å²) in [7, 11) is 0. The van der Waals surface area contributed by atoms with Crippen molar-refractivity contribution in [2.75, 3.05) is 52.9 Å². The molecule has 0 aliphatic heterocycles. The van der Waals surface area contributed by atoms with Gasteiger partial charge in [0.05, 0.1) is 88.4 Å². The Morgan fingerprint density at radius 2 is 0.800 bits per heavy atom. The minimum atomic E-state index is -0.724. The highest BCUT2D eigenvalue weighted by atomic mass is 16.3. The molecule has 1 rings (SSSR count). The van der Waals surface area contributed by atoms with Gasteiger partial charge in [-0.1, -0.05) is 0 Å². The Morgan fingerprint density at radius 1 is 0.533 bits per heavy atom. The summed E-state index contributed by atoms with van der Waals surface area (Å²) in [6.45, 7) is -2.98. The summed E-state index contributed by atoms with van der Waals surface area (Å²) in [5.41, 5.74) is 0.862. The zero-order chi connectivity index (χ0) is 22.5. The molecular formula is C18H34N4O8. The third kappa shape index (κ3) is 7.42. The molecule has 0 spiro atoms. The van der Waals surface area contributed by atoms with Crippen LogP contribution in [-0.2, 0) is 13.1 Å². The molecule has 0 atom stereocenters. The van der Waals surface area contributed by atoms with Crippen LogP contribution in [0.1, 0.15) is 11.4 Å². The molecule has 0 radical (unpaired) electrons. The molecule has 1 aromatic rings. The highest BCUT2D eigenvalue weighted by molar-refractivity contribution is 5.05. The maximum atomic E-state index is 9.52. The Bertz CT molecular complexity index is 500. The van der Waals surface area contributed by atoms with Crippen LogP contribution in [0.25, 0.3) is 0 Å². The lowest BCUT2D eigenvalue weighted by molar-refractivity contribution is -0.00590. The number of aliphatic hydroxyl groups excluding tert-OH is 8. The van der Waals surface area contributed by atoms with E-state index in [9.17, 15) is 40.9 Å². The first-order chi connectivity index (χ1) is 14.5. The maximum Gasteiger partial charge on any atom is 0.0731 e. The largest absolute Gasteiger partial charge is 0.395 e. The van der Waals surface area contributed by atoms with Crippen LogP contribution in [0.4, 0.5) is 0 Å². The second kappa shape index (κ2) is 14.6. The van der Waals surface area contributed by atoms with Crippen molar-refractivity contribution in [3.63, 3.8) is 0 Å². The number of hydrogen-bond donors (Lipinski definition) is 8. The predicted molar refractivity (Wildman–Crippen MR) is 105 cm³/mol. The van der Waals surface area contributed by atoms with Gasteiger partial charge in [0.25, 0.3) is 0 Å². The summed E-state index contributed by atoms with van der Waals surface area (Å²) in [5.74, 6) is 0. The van der Waals surface area contributed by atoms with E-state index >= 15 is 0 Å². The third-order valence-corrected chi connectivity index (χ3v) is 4.99. The SMILES string of the molecule is OCC(CO)N(Cc1cncc(CN(C(CO)CO)C(CO)CO)n1)C(CO)CO. The van der Waals surface area contributed by atoms with E-state index in [4.69, 9.17) is 0 Å². The molecule has 1 heterocycles. The van der Waals surface area contributed by atoms with E-state index in [1.165, 1.54) is 22.2 Å². The van der Waals surface area contributed by atoms with Crippen LogP contribution in [0.2, 0.25) is 0 Å². The summed E-state index contributed by atoms with van der Waals surface area (Å²) in [4.78, 5) is 11.6. The average molecular weight is 434 g/mol. The van der Waals surface area contributed by atoms with Gasteiger partial charge >= 0.3 is 0 Å². The molecule has 1 aromatic heterocycles. The summed E-state index contributed by atoms with van der Waals surface area (Å²) >= 11 is 0. The normalized spacial score (nSPS) is 12.5. The Balaban J connectivity index is 3.11. The van der Waals surface area contributed by atoms with Crippen LogP contribution in [0.3, 0.4) is 0 Å². The van der Waals surface area contributed by atoms with Crippen LogP contribution in [0, 0.1) is 0 Å². The van der Waals surface area contributed by atoms with Crippen LogP contribution < -0.4 is 0 Å². The van der Waals surface area contributed by atoms with Gasteiger partial charge in [-0.15, -0.1) is 0 Å². The van der Waals surface area contributed by atoms with Crippen molar-refractivity contribution in [3.8, 4) is 0 Å². The van der Waals surface area contributed by atoms with Crippen molar-refractivity contribution in [2.24, 2.45) is 0 Å². The quantitative estimate of drug-likeness (QED) is 0.124. The molecule has 0 saturated carbocycles. The number of aromatic nitrogens is 2. The van der Waals surface area contributed by atoms with Gasteiger partial charge in [-0.2, -0.15) is 0 Å². The van der Waals surface area contributed by atoms with Crippen molar-refractivity contribution >= 4 is 0 Å². The Kier molecular flexibility index (Phi) is 13.0. The topological polar surface area (TPSA) is 194 Å².